The molecule has 23 heavy (non-hydrogen) atoms. The summed E-state index contributed by atoms with van der Waals surface area (Å²) >= 11 is 0. The van der Waals surface area contributed by atoms with Crippen LogP contribution in [0.5, 0.6) is 0 Å². The molecule has 0 radical (unpaired) electrons. The molecule has 1 aliphatic heterocycles. The largest absolute Gasteiger partial charge is 0.381 e. The molecule has 1 amide bonds. The van der Waals surface area contributed by atoms with Gasteiger partial charge < -0.3 is 10.1 Å². The number of nitrogens with one attached hydrogen (secondary N) is 1. The number of rotatable bonds is 4. The average Bonchev–Trinajstić information content (AvgIpc) is 2.61. The normalized spacial score (nSPS) is 19.1. The SMILES string of the molecule is O=C(N[C@H](c1ccccc1)c1cccc(F)c1)[C@@H]1CCCOC1. The highest BCUT2D eigenvalue weighted by molar-refractivity contribution is 5.79. The molecule has 1 fully saturated rings. The van der Waals surface area contributed by atoms with E-state index in [2.05, 4.69) is 5.32 Å². The molecular weight excluding hydrogens is 293 g/mol. The summed E-state index contributed by atoms with van der Waals surface area (Å²) < 4.78 is 19.0. The highest BCUT2D eigenvalue weighted by Gasteiger charge is 2.25. The first-order valence-electron chi connectivity index (χ1n) is 7.92. The topological polar surface area (TPSA) is 38.3 Å². The van der Waals surface area contributed by atoms with Gasteiger partial charge in [-0.15, -0.1) is 0 Å². The fourth-order valence-electron chi connectivity index (χ4n) is 2.90. The van der Waals surface area contributed by atoms with Crippen molar-refractivity contribution in [3.63, 3.8) is 0 Å². The van der Waals surface area contributed by atoms with E-state index in [1.165, 1.54) is 12.1 Å². The van der Waals surface area contributed by atoms with E-state index in [0.717, 1.165) is 30.6 Å². The van der Waals surface area contributed by atoms with Gasteiger partial charge in [-0.3, -0.25) is 4.79 Å². The standard InChI is InChI=1S/C19H20FNO2/c20-17-10-4-8-15(12-17)18(14-6-2-1-3-7-14)21-19(22)16-9-5-11-23-13-16/h1-4,6-8,10,12,16,18H,5,9,11,13H2,(H,21,22)/t16-,18-/m1/s1. The van der Waals surface area contributed by atoms with Crippen LogP contribution in [0.2, 0.25) is 0 Å². The van der Waals surface area contributed by atoms with Crippen LogP contribution in [0.1, 0.15) is 30.0 Å². The minimum Gasteiger partial charge on any atom is -0.381 e. The molecule has 0 unspecified atom stereocenters. The van der Waals surface area contributed by atoms with Gasteiger partial charge in [0.1, 0.15) is 5.82 Å². The van der Waals surface area contributed by atoms with Crippen molar-refractivity contribution < 1.29 is 13.9 Å². The first-order chi connectivity index (χ1) is 11.2. The second-order valence-electron chi connectivity index (χ2n) is 5.82. The maximum Gasteiger partial charge on any atom is 0.226 e. The minimum atomic E-state index is -0.360. The van der Waals surface area contributed by atoms with E-state index in [9.17, 15) is 9.18 Å². The van der Waals surface area contributed by atoms with Crippen LogP contribution in [-0.4, -0.2) is 19.1 Å². The number of hydrogen-bond acceptors (Lipinski definition) is 2. The van der Waals surface area contributed by atoms with E-state index in [1.54, 1.807) is 6.07 Å². The maximum absolute atomic E-state index is 13.6. The van der Waals surface area contributed by atoms with Crippen LogP contribution in [0.3, 0.4) is 0 Å². The Morgan fingerprint density at radius 2 is 1.91 bits per heavy atom. The highest BCUT2D eigenvalue weighted by Crippen LogP contribution is 2.24. The van der Waals surface area contributed by atoms with E-state index in [0.29, 0.717) is 6.61 Å². The fraction of sp³-hybridized carbons (Fsp3) is 0.316. The Bertz CT molecular complexity index is 653. The second kappa shape index (κ2) is 7.38. The summed E-state index contributed by atoms with van der Waals surface area (Å²) in [6.07, 6.45) is 1.73. The van der Waals surface area contributed by atoms with Crippen LogP contribution < -0.4 is 5.32 Å². The molecule has 3 rings (SSSR count). The molecule has 120 valence electrons. The van der Waals surface area contributed by atoms with Gasteiger partial charge in [-0.2, -0.15) is 0 Å². The van der Waals surface area contributed by atoms with Gasteiger partial charge in [0.15, 0.2) is 0 Å². The summed E-state index contributed by atoms with van der Waals surface area (Å²) in [7, 11) is 0. The Labute approximate surface area is 135 Å². The molecule has 4 heteroatoms. The Hall–Kier alpha value is -2.20. The molecule has 1 aliphatic rings. The molecule has 1 saturated heterocycles. The van der Waals surface area contributed by atoms with Gasteiger partial charge in [-0.25, -0.2) is 4.39 Å². The number of carbonyl (C=O) groups is 1. The quantitative estimate of drug-likeness (QED) is 0.939. The predicted molar refractivity (Wildman–Crippen MR) is 86.4 cm³/mol. The van der Waals surface area contributed by atoms with Gasteiger partial charge >= 0.3 is 0 Å². The lowest BCUT2D eigenvalue weighted by atomic mass is 9.96. The maximum atomic E-state index is 13.6. The van der Waals surface area contributed by atoms with Crippen molar-refractivity contribution >= 4 is 5.91 Å². The van der Waals surface area contributed by atoms with Crippen molar-refractivity contribution in [2.75, 3.05) is 13.2 Å². The molecule has 0 spiro atoms. The lowest BCUT2D eigenvalue weighted by Gasteiger charge is -2.25. The fourth-order valence-corrected chi connectivity index (χ4v) is 2.90. The number of halogens is 1. The Balaban J connectivity index is 1.85. The summed E-state index contributed by atoms with van der Waals surface area (Å²) in [5, 5.41) is 3.06. The van der Waals surface area contributed by atoms with Gasteiger partial charge in [0.05, 0.1) is 18.6 Å². The Morgan fingerprint density at radius 1 is 1.13 bits per heavy atom. The molecule has 2 aromatic rings. The lowest BCUT2D eigenvalue weighted by Crippen LogP contribution is -2.38. The third-order valence-electron chi connectivity index (χ3n) is 4.13. The number of amides is 1. The van der Waals surface area contributed by atoms with E-state index >= 15 is 0 Å². The molecule has 1 N–H and O–H groups in total. The molecular formula is C19H20FNO2. The van der Waals surface area contributed by atoms with Crippen molar-refractivity contribution in [1.82, 2.24) is 5.32 Å². The van der Waals surface area contributed by atoms with E-state index in [1.807, 2.05) is 36.4 Å². The average molecular weight is 313 g/mol. The zero-order chi connectivity index (χ0) is 16.1. The predicted octanol–water partition coefficient (Wildman–Crippen LogP) is 3.46. The summed E-state index contributed by atoms with van der Waals surface area (Å²) in [6.45, 7) is 1.17. The van der Waals surface area contributed by atoms with E-state index in [4.69, 9.17) is 4.74 Å². The van der Waals surface area contributed by atoms with Gasteiger partial charge in [0.25, 0.3) is 0 Å². The summed E-state index contributed by atoms with van der Waals surface area (Å²) in [5.41, 5.74) is 1.67. The Kier molecular flexibility index (Phi) is 5.03. The summed E-state index contributed by atoms with van der Waals surface area (Å²) in [5.74, 6) is -0.481. The first-order valence-corrected chi connectivity index (χ1v) is 7.92. The highest BCUT2D eigenvalue weighted by atomic mass is 19.1. The van der Waals surface area contributed by atoms with E-state index in [-0.39, 0.29) is 23.7 Å². The summed E-state index contributed by atoms with van der Waals surface area (Å²) in [4.78, 5) is 12.6. The molecule has 0 aliphatic carbocycles. The smallest absolute Gasteiger partial charge is 0.226 e. The first kappa shape index (κ1) is 15.7. The van der Waals surface area contributed by atoms with Crippen LogP contribution in [0.15, 0.2) is 54.6 Å². The number of ether oxygens (including phenoxy) is 1. The molecule has 0 aromatic heterocycles. The third kappa shape index (κ3) is 3.96. The molecule has 2 atom stereocenters. The van der Waals surface area contributed by atoms with Crippen LogP contribution in [0.25, 0.3) is 0 Å². The van der Waals surface area contributed by atoms with Gasteiger partial charge in [-0.1, -0.05) is 42.5 Å². The van der Waals surface area contributed by atoms with Gasteiger partial charge in [0.2, 0.25) is 5.91 Å². The van der Waals surface area contributed by atoms with Crippen LogP contribution >= 0.6 is 0 Å². The van der Waals surface area contributed by atoms with Crippen molar-refractivity contribution in [2.24, 2.45) is 5.92 Å². The minimum absolute atomic E-state index is 0.0391. The summed E-state index contributed by atoms with van der Waals surface area (Å²) in [6, 6.07) is 15.6. The monoisotopic (exact) mass is 313 g/mol. The molecule has 0 bridgehead atoms. The van der Waals surface area contributed by atoms with Crippen LogP contribution in [0.4, 0.5) is 4.39 Å². The molecule has 3 nitrogen and oxygen atoms in total. The van der Waals surface area contributed by atoms with Crippen LogP contribution in [-0.2, 0) is 9.53 Å². The van der Waals surface area contributed by atoms with Gasteiger partial charge in [0, 0.05) is 6.61 Å². The third-order valence-corrected chi connectivity index (χ3v) is 4.13. The zero-order valence-electron chi connectivity index (χ0n) is 12.9. The Morgan fingerprint density at radius 3 is 2.61 bits per heavy atom. The molecule has 2 aromatic carbocycles. The number of hydrogen-bond donors (Lipinski definition) is 1. The van der Waals surface area contributed by atoms with Crippen molar-refractivity contribution in [3.8, 4) is 0 Å². The molecule has 1 heterocycles. The zero-order valence-corrected chi connectivity index (χ0v) is 12.9. The van der Waals surface area contributed by atoms with Crippen molar-refractivity contribution in [3.05, 3.63) is 71.5 Å². The van der Waals surface area contributed by atoms with Crippen molar-refractivity contribution in [1.29, 1.82) is 0 Å². The van der Waals surface area contributed by atoms with Crippen molar-refractivity contribution in [2.45, 2.75) is 18.9 Å². The molecule has 0 saturated carbocycles. The van der Waals surface area contributed by atoms with Crippen LogP contribution in [0, 0.1) is 11.7 Å². The second-order valence-corrected chi connectivity index (χ2v) is 5.82. The lowest BCUT2D eigenvalue weighted by molar-refractivity contribution is -0.129. The number of benzene rings is 2. The van der Waals surface area contributed by atoms with Gasteiger partial charge in [-0.05, 0) is 36.1 Å². The van der Waals surface area contributed by atoms with E-state index < -0.39 is 0 Å². The number of carbonyl (C=O) groups excluding carboxylic acids is 1.